The Balaban J connectivity index is 0.00000147. The van der Waals surface area contributed by atoms with E-state index in [0.717, 1.165) is 0 Å². The molecule has 0 aliphatic rings. The van der Waals surface area contributed by atoms with Crippen LogP contribution in [0.2, 0.25) is 0 Å². The van der Waals surface area contributed by atoms with Gasteiger partial charge in [0.05, 0.1) is 0 Å². The molecule has 0 saturated carbocycles. The van der Waals surface area contributed by atoms with Crippen LogP contribution in [0.5, 0.6) is 0 Å². The maximum atomic E-state index is 2.25. The van der Waals surface area contributed by atoms with Crippen LogP contribution in [0.3, 0.4) is 0 Å². The average molecular weight is 265 g/mol. The fraction of sp³-hybridized carbons (Fsp3) is 0. The molecular weight excluding hydrogens is 249 g/mol. The SMILES string of the molecule is F.c1ccc(N(c2ccccc2)c2ccccc2)cc1. The fourth-order valence-corrected chi connectivity index (χ4v) is 2.18. The lowest BCUT2D eigenvalue weighted by molar-refractivity contribution is 1.11. The highest BCUT2D eigenvalue weighted by Gasteiger charge is 2.10. The van der Waals surface area contributed by atoms with Gasteiger partial charge in [-0.05, 0) is 36.4 Å². The molecule has 0 amide bonds. The third-order valence-corrected chi connectivity index (χ3v) is 3.04. The molecule has 0 aliphatic heterocycles. The molecule has 1 nitrogen and oxygen atoms in total. The van der Waals surface area contributed by atoms with E-state index in [1.54, 1.807) is 0 Å². The van der Waals surface area contributed by atoms with Gasteiger partial charge in [-0.25, -0.2) is 0 Å². The maximum Gasteiger partial charge on any atom is 0.0461 e. The van der Waals surface area contributed by atoms with Crippen LogP contribution in [0.25, 0.3) is 0 Å². The molecule has 0 N–H and O–H groups in total. The second-order valence-electron chi connectivity index (χ2n) is 4.34. The molecule has 2 heteroatoms. The number of hydrogen-bond acceptors (Lipinski definition) is 1. The van der Waals surface area contributed by atoms with Crippen LogP contribution >= 0.6 is 0 Å². The molecule has 0 unspecified atom stereocenters. The van der Waals surface area contributed by atoms with Crippen LogP contribution in [-0.4, -0.2) is 0 Å². The summed E-state index contributed by atoms with van der Waals surface area (Å²) in [4.78, 5) is 2.25. The maximum absolute atomic E-state index is 2.25. The van der Waals surface area contributed by atoms with Crippen molar-refractivity contribution in [1.82, 2.24) is 0 Å². The number of para-hydroxylation sites is 3. The first-order valence-electron chi connectivity index (χ1n) is 6.40. The molecule has 3 aromatic rings. The molecule has 3 aromatic carbocycles. The predicted molar refractivity (Wildman–Crippen MR) is 83.6 cm³/mol. The number of halogens is 1. The Kier molecular flexibility index (Phi) is 4.51. The first-order chi connectivity index (χ1) is 9.45. The predicted octanol–water partition coefficient (Wildman–Crippen LogP) is 5.31. The second-order valence-corrected chi connectivity index (χ2v) is 4.34. The van der Waals surface area contributed by atoms with E-state index in [2.05, 4.69) is 77.7 Å². The smallest absolute Gasteiger partial charge is 0.0461 e. The van der Waals surface area contributed by atoms with E-state index in [0.29, 0.717) is 0 Å². The van der Waals surface area contributed by atoms with Gasteiger partial charge in [0.25, 0.3) is 0 Å². The minimum Gasteiger partial charge on any atom is -0.311 e. The second kappa shape index (κ2) is 6.53. The summed E-state index contributed by atoms with van der Waals surface area (Å²) in [6, 6.07) is 31.3. The van der Waals surface area contributed by atoms with Gasteiger partial charge in [0.2, 0.25) is 0 Å². The highest BCUT2D eigenvalue weighted by Crippen LogP contribution is 2.33. The molecule has 0 saturated heterocycles. The van der Waals surface area contributed by atoms with Gasteiger partial charge in [-0.1, -0.05) is 54.6 Å². The zero-order valence-corrected chi connectivity index (χ0v) is 11.0. The van der Waals surface area contributed by atoms with Gasteiger partial charge < -0.3 is 4.90 Å². The Morgan fingerprint density at radius 2 is 0.650 bits per heavy atom. The summed E-state index contributed by atoms with van der Waals surface area (Å²) >= 11 is 0. The monoisotopic (exact) mass is 265 g/mol. The Bertz CT molecular complexity index is 529. The van der Waals surface area contributed by atoms with Crippen LogP contribution in [0.4, 0.5) is 21.8 Å². The highest BCUT2D eigenvalue weighted by molar-refractivity contribution is 5.76. The average Bonchev–Trinajstić information content (AvgIpc) is 2.51. The molecule has 100 valence electrons. The van der Waals surface area contributed by atoms with Crippen LogP contribution in [-0.2, 0) is 0 Å². The summed E-state index contributed by atoms with van der Waals surface area (Å²) in [6.07, 6.45) is 0. The molecule has 0 fully saturated rings. The van der Waals surface area contributed by atoms with E-state index < -0.39 is 0 Å². The van der Waals surface area contributed by atoms with Crippen molar-refractivity contribution in [1.29, 1.82) is 0 Å². The molecule has 20 heavy (non-hydrogen) atoms. The third kappa shape index (κ3) is 2.86. The summed E-state index contributed by atoms with van der Waals surface area (Å²) in [5.41, 5.74) is 3.50. The number of hydrogen-bond donors (Lipinski definition) is 0. The minimum atomic E-state index is 0. The summed E-state index contributed by atoms with van der Waals surface area (Å²) < 4.78 is 0. The minimum absolute atomic E-state index is 0. The molecular formula is C18H16FN. The van der Waals surface area contributed by atoms with E-state index in [1.807, 2.05) is 18.2 Å². The van der Waals surface area contributed by atoms with Gasteiger partial charge in [0, 0.05) is 17.1 Å². The van der Waals surface area contributed by atoms with E-state index in [1.165, 1.54) is 17.1 Å². The fourth-order valence-electron chi connectivity index (χ4n) is 2.18. The number of nitrogens with zero attached hydrogens (tertiary/aromatic N) is 1. The molecule has 0 bridgehead atoms. The topological polar surface area (TPSA) is 3.24 Å². The molecule has 0 spiro atoms. The summed E-state index contributed by atoms with van der Waals surface area (Å²) in [6.45, 7) is 0. The van der Waals surface area contributed by atoms with Crippen molar-refractivity contribution < 1.29 is 4.70 Å². The highest BCUT2D eigenvalue weighted by atomic mass is 19.0. The van der Waals surface area contributed by atoms with Gasteiger partial charge in [0.15, 0.2) is 0 Å². The van der Waals surface area contributed by atoms with Crippen LogP contribution < -0.4 is 4.90 Å². The summed E-state index contributed by atoms with van der Waals surface area (Å²) in [5, 5.41) is 0. The van der Waals surface area contributed by atoms with Crippen molar-refractivity contribution in [2.75, 3.05) is 4.90 Å². The first-order valence-corrected chi connectivity index (χ1v) is 6.40. The van der Waals surface area contributed by atoms with E-state index in [9.17, 15) is 0 Å². The van der Waals surface area contributed by atoms with Crippen molar-refractivity contribution in [2.45, 2.75) is 0 Å². The molecule has 0 aromatic heterocycles. The number of anilines is 3. The largest absolute Gasteiger partial charge is 0.311 e. The lowest BCUT2D eigenvalue weighted by atomic mass is 10.2. The summed E-state index contributed by atoms with van der Waals surface area (Å²) in [7, 11) is 0. The van der Waals surface area contributed by atoms with Gasteiger partial charge in [-0.15, -0.1) is 0 Å². The Morgan fingerprint density at radius 1 is 0.400 bits per heavy atom. The zero-order valence-electron chi connectivity index (χ0n) is 11.0. The van der Waals surface area contributed by atoms with E-state index >= 15 is 0 Å². The van der Waals surface area contributed by atoms with Crippen LogP contribution in [0, 0.1) is 0 Å². The van der Waals surface area contributed by atoms with Crippen LogP contribution in [0.15, 0.2) is 91.0 Å². The van der Waals surface area contributed by atoms with E-state index in [4.69, 9.17) is 0 Å². The third-order valence-electron chi connectivity index (χ3n) is 3.04. The van der Waals surface area contributed by atoms with Crippen molar-refractivity contribution >= 4 is 17.1 Å². The van der Waals surface area contributed by atoms with Gasteiger partial charge in [0.1, 0.15) is 0 Å². The molecule has 0 radical (unpaired) electrons. The molecule has 0 atom stereocenters. The lowest BCUT2D eigenvalue weighted by Crippen LogP contribution is -2.09. The Labute approximate surface area is 118 Å². The molecule has 0 heterocycles. The first kappa shape index (κ1) is 13.8. The molecule has 0 aliphatic carbocycles. The summed E-state index contributed by atoms with van der Waals surface area (Å²) in [5.74, 6) is 0. The van der Waals surface area contributed by atoms with Gasteiger partial charge in [-0.3, -0.25) is 4.70 Å². The van der Waals surface area contributed by atoms with Crippen molar-refractivity contribution in [2.24, 2.45) is 0 Å². The van der Waals surface area contributed by atoms with Gasteiger partial charge >= 0.3 is 0 Å². The standard InChI is InChI=1S/C18H15N.FH/c1-4-10-16(11-5-1)19(17-12-6-2-7-13-17)18-14-8-3-9-15-18;/h1-15H;1H. The zero-order chi connectivity index (χ0) is 12.9. The lowest BCUT2D eigenvalue weighted by Gasteiger charge is -2.25. The molecule has 3 rings (SSSR count). The van der Waals surface area contributed by atoms with Gasteiger partial charge in [-0.2, -0.15) is 0 Å². The van der Waals surface area contributed by atoms with Crippen molar-refractivity contribution in [3.05, 3.63) is 91.0 Å². The normalized spacial score (nSPS) is 9.60. The van der Waals surface area contributed by atoms with Crippen molar-refractivity contribution in [3.63, 3.8) is 0 Å². The quantitative estimate of drug-likeness (QED) is 0.620. The Hall–Kier alpha value is -2.61. The number of rotatable bonds is 3. The number of benzene rings is 3. The van der Waals surface area contributed by atoms with E-state index in [-0.39, 0.29) is 4.70 Å². The van der Waals surface area contributed by atoms with Crippen LogP contribution in [0.1, 0.15) is 0 Å². The van der Waals surface area contributed by atoms with Crippen molar-refractivity contribution in [3.8, 4) is 0 Å². The Morgan fingerprint density at radius 3 is 0.900 bits per heavy atom.